The van der Waals surface area contributed by atoms with Gasteiger partial charge in [-0.1, -0.05) is 110 Å². The van der Waals surface area contributed by atoms with E-state index in [0.717, 1.165) is 19.4 Å². The van der Waals surface area contributed by atoms with Crippen molar-refractivity contribution in [2.75, 3.05) is 6.54 Å². The van der Waals surface area contributed by atoms with Gasteiger partial charge in [0.25, 0.3) is 0 Å². The van der Waals surface area contributed by atoms with Crippen molar-refractivity contribution in [1.29, 1.82) is 0 Å². The predicted octanol–water partition coefficient (Wildman–Crippen LogP) is 7.37. The molecule has 0 aromatic rings. The summed E-state index contributed by atoms with van der Waals surface area (Å²) in [6, 6.07) is 0. The van der Waals surface area contributed by atoms with Crippen molar-refractivity contribution in [2.24, 2.45) is 5.92 Å². The van der Waals surface area contributed by atoms with Gasteiger partial charge >= 0.3 is 0 Å². The number of unbranched alkanes of at least 4 members (excludes halogenated alkanes) is 15. The maximum atomic E-state index is 12.0. The number of Topliss-reactive ketones (excluding diaryl/α,β-unsaturated/α-hetero) is 1. The number of hydrogen-bond donors (Lipinski definition) is 1. The third kappa shape index (κ3) is 18.5. The van der Waals surface area contributed by atoms with E-state index in [9.17, 15) is 9.59 Å². The molecule has 28 heavy (non-hydrogen) atoms. The molecule has 0 spiro atoms. The molecule has 0 saturated heterocycles. The fourth-order valence-corrected chi connectivity index (χ4v) is 3.80. The molecular formula is C25H49NO2. The lowest BCUT2D eigenvalue weighted by Gasteiger charge is -2.13. The van der Waals surface area contributed by atoms with Gasteiger partial charge in [-0.25, -0.2) is 0 Å². The van der Waals surface area contributed by atoms with Crippen LogP contribution in [0.4, 0.5) is 0 Å². The van der Waals surface area contributed by atoms with Crippen LogP contribution in [0.5, 0.6) is 0 Å². The summed E-state index contributed by atoms with van der Waals surface area (Å²) in [7, 11) is 0. The Bertz CT molecular complexity index is 368. The molecule has 0 saturated carbocycles. The Hall–Kier alpha value is -0.860. The monoisotopic (exact) mass is 395 g/mol. The summed E-state index contributed by atoms with van der Waals surface area (Å²) >= 11 is 0. The zero-order chi connectivity index (χ0) is 20.9. The standard InChI is InChI=1S/C25H49NO2/c1-4-6-7-8-9-10-11-12-13-14-15-16-17-18-19-20-21-26-25(28)24(5-2)22-23(3)27/h24H,4-22H2,1-3H3,(H,26,28). The largest absolute Gasteiger partial charge is 0.356 e. The first kappa shape index (κ1) is 27.1. The van der Waals surface area contributed by atoms with Crippen LogP contribution in [0, 0.1) is 5.92 Å². The number of amides is 1. The van der Waals surface area contributed by atoms with Gasteiger partial charge in [0.15, 0.2) is 0 Å². The molecule has 0 fully saturated rings. The first-order valence-electron chi connectivity index (χ1n) is 12.4. The predicted molar refractivity (Wildman–Crippen MR) is 122 cm³/mol. The third-order valence-electron chi connectivity index (χ3n) is 5.73. The van der Waals surface area contributed by atoms with E-state index < -0.39 is 0 Å². The molecule has 0 aliphatic heterocycles. The van der Waals surface area contributed by atoms with Gasteiger partial charge in [0.05, 0.1) is 0 Å². The van der Waals surface area contributed by atoms with Crippen molar-refractivity contribution in [2.45, 2.75) is 136 Å². The van der Waals surface area contributed by atoms with Gasteiger partial charge in [-0.2, -0.15) is 0 Å². The number of nitrogens with one attached hydrogen (secondary N) is 1. The summed E-state index contributed by atoms with van der Waals surface area (Å²) in [5.74, 6) is 0.0154. The maximum absolute atomic E-state index is 12.0. The highest BCUT2D eigenvalue weighted by Crippen LogP contribution is 2.14. The number of hydrogen-bond acceptors (Lipinski definition) is 2. The van der Waals surface area contributed by atoms with Crippen LogP contribution in [0.3, 0.4) is 0 Å². The van der Waals surface area contributed by atoms with E-state index in [1.54, 1.807) is 6.92 Å². The number of rotatable bonds is 21. The first-order chi connectivity index (χ1) is 13.6. The van der Waals surface area contributed by atoms with E-state index in [-0.39, 0.29) is 17.6 Å². The van der Waals surface area contributed by atoms with Crippen molar-refractivity contribution >= 4 is 11.7 Å². The van der Waals surface area contributed by atoms with Crippen LogP contribution in [0.25, 0.3) is 0 Å². The van der Waals surface area contributed by atoms with Crippen LogP contribution in [0.2, 0.25) is 0 Å². The van der Waals surface area contributed by atoms with E-state index in [4.69, 9.17) is 0 Å². The Kier molecular flexibility index (Phi) is 20.2. The summed E-state index contributed by atoms with van der Waals surface area (Å²) in [5.41, 5.74) is 0. The second-order valence-electron chi connectivity index (χ2n) is 8.61. The van der Waals surface area contributed by atoms with Crippen molar-refractivity contribution in [3.05, 3.63) is 0 Å². The fraction of sp³-hybridized carbons (Fsp3) is 0.920. The highest BCUT2D eigenvalue weighted by atomic mass is 16.2. The van der Waals surface area contributed by atoms with Crippen molar-refractivity contribution in [3.8, 4) is 0 Å². The molecule has 1 unspecified atom stereocenters. The summed E-state index contributed by atoms with van der Waals surface area (Å²) in [6.45, 7) is 6.57. The lowest BCUT2D eigenvalue weighted by molar-refractivity contribution is -0.128. The van der Waals surface area contributed by atoms with Crippen molar-refractivity contribution < 1.29 is 9.59 Å². The zero-order valence-electron chi connectivity index (χ0n) is 19.3. The Morgan fingerprint density at radius 1 is 0.643 bits per heavy atom. The summed E-state index contributed by atoms with van der Waals surface area (Å²) in [5, 5.41) is 3.00. The lowest BCUT2D eigenvalue weighted by atomic mass is 9.99. The number of carbonyl (C=O) groups excluding carboxylic acids is 2. The molecule has 1 atom stereocenters. The third-order valence-corrected chi connectivity index (χ3v) is 5.73. The van der Waals surface area contributed by atoms with Crippen LogP contribution in [0.15, 0.2) is 0 Å². The van der Waals surface area contributed by atoms with Crippen LogP contribution >= 0.6 is 0 Å². The first-order valence-corrected chi connectivity index (χ1v) is 12.4. The SMILES string of the molecule is CCCCCCCCCCCCCCCCCCNC(=O)C(CC)CC(C)=O. The topological polar surface area (TPSA) is 46.2 Å². The Labute approximate surface area is 175 Å². The molecular weight excluding hydrogens is 346 g/mol. The molecule has 166 valence electrons. The summed E-state index contributed by atoms with van der Waals surface area (Å²) in [6.07, 6.45) is 22.9. The Balaban J connectivity index is 3.27. The van der Waals surface area contributed by atoms with Crippen LogP contribution in [-0.4, -0.2) is 18.2 Å². The van der Waals surface area contributed by atoms with Gasteiger partial charge in [-0.05, 0) is 19.8 Å². The highest BCUT2D eigenvalue weighted by molar-refractivity contribution is 5.85. The van der Waals surface area contributed by atoms with E-state index in [1.807, 2.05) is 6.92 Å². The fourth-order valence-electron chi connectivity index (χ4n) is 3.80. The van der Waals surface area contributed by atoms with Crippen LogP contribution < -0.4 is 5.32 Å². The molecule has 0 rings (SSSR count). The molecule has 1 N–H and O–H groups in total. The van der Waals surface area contributed by atoms with Gasteiger partial charge in [-0.15, -0.1) is 0 Å². The molecule has 0 aromatic heterocycles. The second-order valence-corrected chi connectivity index (χ2v) is 8.61. The molecule has 0 aromatic carbocycles. The minimum atomic E-state index is -0.140. The molecule has 0 aliphatic carbocycles. The lowest BCUT2D eigenvalue weighted by Crippen LogP contribution is -2.32. The molecule has 0 aliphatic rings. The van der Waals surface area contributed by atoms with E-state index >= 15 is 0 Å². The second kappa shape index (κ2) is 20.9. The minimum Gasteiger partial charge on any atom is -0.356 e. The van der Waals surface area contributed by atoms with Crippen LogP contribution in [0.1, 0.15) is 136 Å². The highest BCUT2D eigenvalue weighted by Gasteiger charge is 2.17. The van der Waals surface area contributed by atoms with Crippen molar-refractivity contribution in [3.63, 3.8) is 0 Å². The minimum absolute atomic E-state index is 0.0543. The molecule has 0 radical (unpaired) electrons. The normalized spacial score (nSPS) is 12.1. The van der Waals surface area contributed by atoms with Gasteiger partial charge in [0.1, 0.15) is 5.78 Å². The average molecular weight is 396 g/mol. The van der Waals surface area contributed by atoms with E-state index in [1.165, 1.54) is 96.3 Å². The summed E-state index contributed by atoms with van der Waals surface area (Å²) < 4.78 is 0. The van der Waals surface area contributed by atoms with Gasteiger partial charge in [-0.3, -0.25) is 4.79 Å². The van der Waals surface area contributed by atoms with Crippen LogP contribution in [-0.2, 0) is 9.59 Å². The zero-order valence-corrected chi connectivity index (χ0v) is 19.3. The van der Waals surface area contributed by atoms with E-state index in [0.29, 0.717) is 6.42 Å². The molecule has 3 nitrogen and oxygen atoms in total. The Morgan fingerprint density at radius 3 is 1.39 bits per heavy atom. The number of ketones is 1. The molecule has 0 bridgehead atoms. The van der Waals surface area contributed by atoms with Gasteiger partial charge < -0.3 is 10.1 Å². The molecule has 1 amide bonds. The van der Waals surface area contributed by atoms with Crippen molar-refractivity contribution in [1.82, 2.24) is 5.32 Å². The van der Waals surface area contributed by atoms with E-state index in [2.05, 4.69) is 12.2 Å². The summed E-state index contributed by atoms with van der Waals surface area (Å²) in [4.78, 5) is 23.2. The maximum Gasteiger partial charge on any atom is 0.223 e. The molecule has 3 heteroatoms. The molecule has 0 heterocycles. The average Bonchev–Trinajstić information content (AvgIpc) is 2.68. The smallest absolute Gasteiger partial charge is 0.223 e. The van der Waals surface area contributed by atoms with Gasteiger partial charge in [0, 0.05) is 18.9 Å². The quantitative estimate of drug-likeness (QED) is 0.206. The van der Waals surface area contributed by atoms with Gasteiger partial charge in [0.2, 0.25) is 5.91 Å². The Morgan fingerprint density at radius 2 is 1.04 bits per heavy atom. The number of carbonyl (C=O) groups is 2.